The Morgan fingerprint density at radius 2 is 1.97 bits per heavy atom. The molecule has 1 N–H and O–H groups in total. The van der Waals surface area contributed by atoms with Gasteiger partial charge in [-0.05, 0) is 60.2 Å². The van der Waals surface area contributed by atoms with Gasteiger partial charge in [-0.2, -0.15) is 0 Å². The molecule has 3 unspecified atom stereocenters. The van der Waals surface area contributed by atoms with Gasteiger partial charge in [0.2, 0.25) is 6.41 Å². The first-order valence-electron chi connectivity index (χ1n) is 13.5. The number of amides is 2. The standard InChI is InChI=1S/C19H24N2O2.C5H7BrN2O2.C3H6O.C2H6/c1-3-14(2)17-8-9-21(12-17)19(22)23-13-15-10-16-6-4-5-7-18(16)20-11-15;6-5-1-4(10-8-5)2-7-3-9;1-3(2)4;1-2/h4-7,10-11,14,17H,3,8-9,12-13H2,1-2H3;3-4H,1-2H2,(H,7,9);1-2H3;1-2H3. The summed E-state index contributed by atoms with van der Waals surface area (Å²) < 4.78 is 6.27. The van der Waals surface area contributed by atoms with Crippen molar-refractivity contribution in [2.24, 2.45) is 17.0 Å². The van der Waals surface area contributed by atoms with Crippen molar-refractivity contribution >= 4 is 49.7 Å². The number of ketones is 1. The minimum absolute atomic E-state index is 0.000394. The van der Waals surface area contributed by atoms with Crippen molar-refractivity contribution in [2.45, 2.75) is 73.5 Å². The van der Waals surface area contributed by atoms with Crippen molar-refractivity contribution in [1.29, 1.82) is 0 Å². The number of carbonyl (C=O) groups excluding carboxylic acids is 3. The third kappa shape index (κ3) is 13.1. The quantitative estimate of drug-likeness (QED) is 0.382. The number of nitrogens with one attached hydrogen (secondary N) is 1. The molecule has 3 atom stereocenters. The van der Waals surface area contributed by atoms with Crippen LogP contribution < -0.4 is 5.32 Å². The third-order valence-corrected chi connectivity index (χ3v) is 6.54. The Labute approximate surface area is 240 Å². The number of hydrogen-bond donors (Lipinski definition) is 1. The SMILES string of the molecule is CC.CC(C)=O.CCC(C)C1CCN(C(=O)OCc2cnc3ccccc3c2)C1.O=CNCC1CC(Br)=NO1. The summed E-state index contributed by atoms with van der Waals surface area (Å²) >= 11 is 3.18. The maximum absolute atomic E-state index is 12.2. The molecule has 4 rings (SSSR count). The maximum atomic E-state index is 12.2. The molecule has 9 nitrogen and oxygen atoms in total. The average molecular weight is 608 g/mol. The second-order valence-electron chi connectivity index (χ2n) is 9.30. The number of pyridine rings is 1. The monoisotopic (exact) mass is 606 g/mol. The number of para-hydroxylation sites is 1. The number of ether oxygens (including phenoxy) is 1. The van der Waals surface area contributed by atoms with Crippen molar-refractivity contribution in [3.05, 3.63) is 42.1 Å². The van der Waals surface area contributed by atoms with Crippen molar-refractivity contribution in [3.8, 4) is 0 Å². The summed E-state index contributed by atoms with van der Waals surface area (Å²) in [7, 11) is 0. The highest BCUT2D eigenvalue weighted by Crippen LogP contribution is 2.26. The number of halogens is 1. The number of fused-ring (bicyclic) bond motifs is 1. The fourth-order valence-electron chi connectivity index (χ4n) is 3.87. The van der Waals surface area contributed by atoms with Crippen LogP contribution in [0.4, 0.5) is 4.79 Å². The molecule has 1 aromatic heterocycles. The molecule has 2 aromatic rings. The lowest BCUT2D eigenvalue weighted by Gasteiger charge is -2.19. The van der Waals surface area contributed by atoms with Crippen LogP contribution in [0.1, 0.15) is 66.4 Å². The Balaban J connectivity index is 0.000000394. The van der Waals surface area contributed by atoms with Gasteiger partial charge in [0.15, 0.2) is 6.10 Å². The van der Waals surface area contributed by atoms with Crippen LogP contribution in [-0.2, 0) is 25.8 Å². The first-order valence-corrected chi connectivity index (χ1v) is 14.3. The zero-order valence-electron chi connectivity index (χ0n) is 24.0. The van der Waals surface area contributed by atoms with E-state index in [4.69, 9.17) is 9.57 Å². The second-order valence-corrected chi connectivity index (χ2v) is 10.2. The minimum Gasteiger partial charge on any atom is -0.444 e. The lowest BCUT2D eigenvalue weighted by atomic mass is 9.91. The largest absolute Gasteiger partial charge is 0.444 e. The molecule has 1 aromatic carbocycles. The number of Topliss-reactive ketones (excluding diaryl/α,β-unsaturated/α-hetero) is 1. The van der Waals surface area contributed by atoms with E-state index in [1.807, 2.05) is 49.1 Å². The summed E-state index contributed by atoms with van der Waals surface area (Å²) in [6, 6.07) is 9.98. The van der Waals surface area contributed by atoms with Crippen molar-refractivity contribution in [3.63, 3.8) is 0 Å². The number of nitrogens with zero attached hydrogens (tertiary/aromatic N) is 3. The number of hydrogen-bond acceptors (Lipinski definition) is 7. The van der Waals surface area contributed by atoms with Crippen molar-refractivity contribution in [1.82, 2.24) is 15.2 Å². The molecular formula is C29H43BrN4O5. The van der Waals surface area contributed by atoms with E-state index in [1.165, 1.54) is 13.8 Å². The zero-order chi connectivity index (χ0) is 29.2. The maximum Gasteiger partial charge on any atom is 0.410 e. The van der Waals surface area contributed by atoms with E-state index >= 15 is 0 Å². The summed E-state index contributed by atoms with van der Waals surface area (Å²) in [5.41, 5.74) is 1.88. The molecule has 0 saturated carbocycles. The van der Waals surface area contributed by atoms with Gasteiger partial charge in [-0.25, -0.2) is 4.79 Å². The van der Waals surface area contributed by atoms with Crippen molar-refractivity contribution < 1.29 is 24.0 Å². The first-order chi connectivity index (χ1) is 18.7. The zero-order valence-corrected chi connectivity index (χ0v) is 25.6. The van der Waals surface area contributed by atoms with Gasteiger partial charge in [0, 0.05) is 36.7 Å². The fraction of sp³-hybridized carbons (Fsp3) is 0.552. The highest BCUT2D eigenvalue weighted by Gasteiger charge is 2.29. The average Bonchev–Trinajstić information content (AvgIpc) is 3.60. The van der Waals surface area contributed by atoms with E-state index in [2.05, 4.69) is 45.2 Å². The molecule has 0 radical (unpaired) electrons. The second kappa shape index (κ2) is 19.1. The number of benzene rings is 1. The van der Waals surface area contributed by atoms with E-state index in [0.29, 0.717) is 24.8 Å². The van der Waals surface area contributed by atoms with Crippen LogP contribution in [0, 0.1) is 11.8 Å². The lowest BCUT2D eigenvalue weighted by Crippen LogP contribution is -2.30. The molecular weight excluding hydrogens is 564 g/mol. The normalized spacial score (nSPS) is 18.0. The Hall–Kier alpha value is -3.01. The Morgan fingerprint density at radius 1 is 1.28 bits per heavy atom. The van der Waals surface area contributed by atoms with Crippen LogP contribution in [0.3, 0.4) is 0 Å². The highest BCUT2D eigenvalue weighted by atomic mass is 79.9. The lowest BCUT2D eigenvalue weighted by molar-refractivity contribution is -0.115. The van der Waals surface area contributed by atoms with Gasteiger partial charge < -0.3 is 24.6 Å². The summed E-state index contributed by atoms with van der Waals surface area (Å²) in [4.78, 5) is 42.6. The number of likely N-dealkylation sites (tertiary alicyclic amines) is 1. The predicted octanol–water partition coefficient (Wildman–Crippen LogP) is 6.09. The van der Waals surface area contributed by atoms with E-state index in [1.54, 1.807) is 6.20 Å². The summed E-state index contributed by atoms with van der Waals surface area (Å²) in [5, 5.41) is 7.23. The van der Waals surface area contributed by atoms with Gasteiger partial charge in [-0.1, -0.05) is 57.5 Å². The van der Waals surface area contributed by atoms with Crippen LogP contribution in [0.25, 0.3) is 10.9 Å². The van der Waals surface area contributed by atoms with Gasteiger partial charge in [0.1, 0.15) is 17.0 Å². The molecule has 0 bridgehead atoms. The van der Waals surface area contributed by atoms with Crippen molar-refractivity contribution in [2.75, 3.05) is 19.6 Å². The van der Waals surface area contributed by atoms with Crippen LogP contribution >= 0.6 is 15.9 Å². The van der Waals surface area contributed by atoms with Crippen LogP contribution in [-0.4, -0.2) is 58.5 Å². The summed E-state index contributed by atoms with van der Waals surface area (Å²) in [5.74, 6) is 1.44. The summed E-state index contributed by atoms with van der Waals surface area (Å²) in [6.45, 7) is 14.0. The molecule has 3 heterocycles. The van der Waals surface area contributed by atoms with E-state index in [0.717, 1.165) is 53.4 Å². The Morgan fingerprint density at radius 3 is 2.59 bits per heavy atom. The van der Waals surface area contributed by atoms with Gasteiger partial charge >= 0.3 is 6.09 Å². The highest BCUT2D eigenvalue weighted by molar-refractivity contribution is 9.18. The van der Waals surface area contributed by atoms with Crippen LogP contribution in [0.15, 0.2) is 41.7 Å². The first kappa shape index (κ1) is 34.0. The number of rotatable bonds is 7. The molecule has 10 heteroatoms. The molecule has 1 fully saturated rings. The third-order valence-electron chi connectivity index (χ3n) is 6.07. The number of aromatic nitrogens is 1. The molecule has 1 saturated heterocycles. The number of oxime groups is 1. The fourth-order valence-corrected chi connectivity index (χ4v) is 4.31. The Kier molecular flexibility index (Phi) is 16.7. The Bertz CT molecular complexity index is 1060. The molecule has 0 aliphatic carbocycles. The minimum atomic E-state index is -0.205. The van der Waals surface area contributed by atoms with Crippen LogP contribution in [0.5, 0.6) is 0 Å². The van der Waals surface area contributed by atoms with Gasteiger partial charge in [-0.15, -0.1) is 0 Å². The summed E-state index contributed by atoms with van der Waals surface area (Å²) in [6.07, 6.45) is 5.21. The molecule has 2 aliphatic rings. The number of carbonyl (C=O) groups is 3. The van der Waals surface area contributed by atoms with Gasteiger partial charge in [-0.3, -0.25) is 9.78 Å². The van der Waals surface area contributed by atoms with Gasteiger partial charge in [0.05, 0.1) is 12.1 Å². The smallest absolute Gasteiger partial charge is 0.410 e. The predicted molar refractivity (Wildman–Crippen MR) is 159 cm³/mol. The van der Waals surface area contributed by atoms with E-state index in [-0.39, 0.29) is 24.6 Å². The molecule has 216 valence electrons. The van der Waals surface area contributed by atoms with Crippen LogP contribution in [0.2, 0.25) is 0 Å². The van der Waals surface area contributed by atoms with Gasteiger partial charge in [0.25, 0.3) is 0 Å². The molecule has 2 aliphatic heterocycles. The molecule has 39 heavy (non-hydrogen) atoms. The molecule has 2 amide bonds. The molecule has 0 spiro atoms. The van der Waals surface area contributed by atoms with E-state index in [9.17, 15) is 14.4 Å². The topological polar surface area (TPSA) is 110 Å². The van der Waals surface area contributed by atoms with E-state index < -0.39 is 0 Å².